The molecule has 0 saturated carbocycles. The Hall–Kier alpha value is -3.36. The number of halogens is 2. The summed E-state index contributed by atoms with van der Waals surface area (Å²) in [4.78, 5) is 21.2. The van der Waals surface area contributed by atoms with Crippen LogP contribution < -0.4 is 15.1 Å². The minimum absolute atomic E-state index is 0.144. The SMILES string of the molecule is Fc1cccc(F)c1Nc1nccc(N2CCN(c3ncccn3)CC2)n1. The third-order valence-corrected chi connectivity index (χ3v) is 4.28. The first kappa shape index (κ1) is 17.1. The molecule has 0 radical (unpaired) electrons. The highest BCUT2D eigenvalue weighted by Crippen LogP contribution is 2.23. The molecular formula is C18H17F2N7. The van der Waals surface area contributed by atoms with Crippen molar-refractivity contribution in [2.75, 3.05) is 41.3 Å². The van der Waals surface area contributed by atoms with Crippen molar-refractivity contribution in [1.29, 1.82) is 0 Å². The predicted octanol–water partition coefficient (Wildman–Crippen LogP) is 2.62. The highest BCUT2D eigenvalue weighted by atomic mass is 19.1. The van der Waals surface area contributed by atoms with Gasteiger partial charge in [-0.25, -0.2) is 23.7 Å². The second-order valence-electron chi connectivity index (χ2n) is 5.98. The number of nitrogens with one attached hydrogen (secondary N) is 1. The third-order valence-electron chi connectivity index (χ3n) is 4.28. The van der Waals surface area contributed by atoms with Gasteiger partial charge in [-0.15, -0.1) is 0 Å². The molecule has 0 spiro atoms. The highest BCUT2D eigenvalue weighted by molar-refractivity contribution is 5.56. The number of rotatable bonds is 4. The van der Waals surface area contributed by atoms with Crippen molar-refractivity contribution in [2.24, 2.45) is 0 Å². The molecule has 1 N–H and O–H groups in total. The molecule has 4 rings (SSSR count). The molecule has 0 atom stereocenters. The minimum atomic E-state index is -0.694. The van der Waals surface area contributed by atoms with E-state index in [2.05, 4.69) is 35.1 Å². The fraction of sp³-hybridized carbons (Fsp3) is 0.222. The van der Waals surface area contributed by atoms with E-state index in [0.717, 1.165) is 26.2 Å². The molecule has 1 fully saturated rings. The maximum Gasteiger partial charge on any atom is 0.229 e. The van der Waals surface area contributed by atoms with Gasteiger partial charge in [0, 0.05) is 44.8 Å². The number of anilines is 4. The lowest BCUT2D eigenvalue weighted by Crippen LogP contribution is -2.47. The maximum atomic E-state index is 13.8. The number of piperazine rings is 1. The van der Waals surface area contributed by atoms with Crippen LogP contribution in [0.5, 0.6) is 0 Å². The molecule has 3 heterocycles. The Balaban J connectivity index is 1.46. The summed E-state index contributed by atoms with van der Waals surface area (Å²) in [6, 6.07) is 7.23. The number of para-hydroxylation sites is 1. The van der Waals surface area contributed by atoms with Gasteiger partial charge in [0.2, 0.25) is 11.9 Å². The molecule has 138 valence electrons. The fourth-order valence-corrected chi connectivity index (χ4v) is 2.90. The first-order valence-corrected chi connectivity index (χ1v) is 8.52. The summed E-state index contributed by atoms with van der Waals surface area (Å²) in [7, 11) is 0. The number of hydrogen-bond acceptors (Lipinski definition) is 7. The fourth-order valence-electron chi connectivity index (χ4n) is 2.90. The molecule has 1 aromatic carbocycles. The topological polar surface area (TPSA) is 70.1 Å². The molecule has 9 heteroatoms. The first-order chi connectivity index (χ1) is 13.2. The quantitative estimate of drug-likeness (QED) is 0.758. The molecule has 0 bridgehead atoms. The average Bonchev–Trinajstić information content (AvgIpc) is 2.72. The molecule has 27 heavy (non-hydrogen) atoms. The van der Waals surface area contributed by atoms with Crippen LogP contribution in [0.25, 0.3) is 0 Å². The molecule has 1 aliphatic heterocycles. The molecule has 1 aliphatic rings. The van der Waals surface area contributed by atoms with Gasteiger partial charge in [-0.2, -0.15) is 4.98 Å². The Morgan fingerprint density at radius 1 is 0.778 bits per heavy atom. The van der Waals surface area contributed by atoms with Crippen LogP contribution in [0.2, 0.25) is 0 Å². The van der Waals surface area contributed by atoms with Gasteiger partial charge >= 0.3 is 0 Å². The van der Waals surface area contributed by atoms with Crippen LogP contribution in [0, 0.1) is 11.6 Å². The lowest BCUT2D eigenvalue weighted by Gasteiger charge is -2.35. The molecule has 2 aromatic heterocycles. The summed E-state index contributed by atoms with van der Waals surface area (Å²) in [5, 5.41) is 2.63. The van der Waals surface area contributed by atoms with E-state index in [1.54, 1.807) is 30.7 Å². The third kappa shape index (κ3) is 3.76. The number of benzene rings is 1. The van der Waals surface area contributed by atoms with Crippen LogP contribution in [0.1, 0.15) is 0 Å². The van der Waals surface area contributed by atoms with Gasteiger partial charge in [0.1, 0.15) is 23.1 Å². The molecular weight excluding hydrogens is 352 g/mol. The van der Waals surface area contributed by atoms with E-state index in [1.807, 2.05) is 0 Å². The van der Waals surface area contributed by atoms with Crippen LogP contribution in [0.15, 0.2) is 48.9 Å². The average molecular weight is 369 g/mol. The summed E-state index contributed by atoms with van der Waals surface area (Å²) in [5.74, 6) is 0.154. The van der Waals surface area contributed by atoms with E-state index >= 15 is 0 Å². The van der Waals surface area contributed by atoms with Gasteiger partial charge < -0.3 is 15.1 Å². The zero-order valence-corrected chi connectivity index (χ0v) is 14.4. The van der Waals surface area contributed by atoms with Gasteiger partial charge in [0.25, 0.3) is 0 Å². The smallest absolute Gasteiger partial charge is 0.229 e. The molecule has 7 nitrogen and oxygen atoms in total. The summed E-state index contributed by atoms with van der Waals surface area (Å²) < 4.78 is 27.6. The van der Waals surface area contributed by atoms with Crippen LogP contribution in [-0.2, 0) is 0 Å². The van der Waals surface area contributed by atoms with Crippen LogP contribution in [-0.4, -0.2) is 46.1 Å². The first-order valence-electron chi connectivity index (χ1n) is 8.52. The summed E-state index contributed by atoms with van der Waals surface area (Å²) >= 11 is 0. The zero-order chi connectivity index (χ0) is 18.6. The number of nitrogens with zero attached hydrogens (tertiary/aromatic N) is 6. The van der Waals surface area contributed by atoms with Gasteiger partial charge in [0.05, 0.1) is 0 Å². The van der Waals surface area contributed by atoms with E-state index < -0.39 is 11.6 Å². The van der Waals surface area contributed by atoms with Crippen molar-refractivity contribution in [2.45, 2.75) is 0 Å². The second kappa shape index (κ2) is 7.48. The van der Waals surface area contributed by atoms with Gasteiger partial charge in [-0.05, 0) is 24.3 Å². The molecule has 0 unspecified atom stereocenters. The molecule has 0 aliphatic carbocycles. The number of aromatic nitrogens is 4. The van der Waals surface area contributed by atoms with Crippen LogP contribution in [0.3, 0.4) is 0 Å². The van der Waals surface area contributed by atoms with Crippen molar-refractivity contribution < 1.29 is 8.78 Å². The largest absolute Gasteiger partial charge is 0.353 e. The number of hydrogen-bond donors (Lipinski definition) is 1. The predicted molar refractivity (Wildman–Crippen MR) is 98.1 cm³/mol. The second-order valence-corrected chi connectivity index (χ2v) is 5.98. The summed E-state index contributed by atoms with van der Waals surface area (Å²) in [6.45, 7) is 2.95. The Morgan fingerprint density at radius 3 is 2.15 bits per heavy atom. The van der Waals surface area contributed by atoms with Crippen LogP contribution in [0.4, 0.5) is 32.2 Å². The van der Waals surface area contributed by atoms with Crippen molar-refractivity contribution in [3.05, 3.63) is 60.6 Å². The Morgan fingerprint density at radius 2 is 1.44 bits per heavy atom. The Bertz CT molecular complexity index is 894. The van der Waals surface area contributed by atoms with Gasteiger partial charge in [0.15, 0.2) is 0 Å². The van der Waals surface area contributed by atoms with E-state index in [0.29, 0.717) is 11.8 Å². The molecule has 3 aromatic rings. The van der Waals surface area contributed by atoms with Gasteiger partial charge in [-0.1, -0.05) is 6.07 Å². The standard InChI is InChI=1S/C18H17F2N7/c19-13-3-1-4-14(20)16(13)25-17-21-8-5-15(24-17)26-9-11-27(12-10-26)18-22-6-2-7-23-18/h1-8H,9-12H2,(H,21,24,25). The Kier molecular flexibility index (Phi) is 4.73. The van der Waals surface area contributed by atoms with E-state index in [-0.39, 0.29) is 11.6 Å². The zero-order valence-electron chi connectivity index (χ0n) is 14.4. The lowest BCUT2D eigenvalue weighted by molar-refractivity contribution is 0.590. The van der Waals surface area contributed by atoms with Crippen molar-refractivity contribution in [3.8, 4) is 0 Å². The van der Waals surface area contributed by atoms with Crippen molar-refractivity contribution >= 4 is 23.4 Å². The van der Waals surface area contributed by atoms with Gasteiger partial charge in [-0.3, -0.25) is 0 Å². The van der Waals surface area contributed by atoms with E-state index in [1.165, 1.54) is 18.2 Å². The van der Waals surface area contributed by atoms with Crippen molar-refractivity contribution in [1.82, 2.24) is 19.9 Å². The summed E-state index contributed by atoms with van der Waals surface area (Å²) in [6.07, 6.45) is 5.01. The van der Waals surface area contributed by atoms with Crippen LogP contribution >= 0.6 is 0 Å². The van der Waals surface area contributed by atoms with E-state index in [9.17, 15) is 8.78 Å². The molecule has 1 saturated heterocycles. The lowest BCUT2D eigenvalue weighted by atomic mass is 10.3. The highest BCUT2D eigenvalue weighted by Gasteiger charge is 2.20. The van der Waals surface area contributed by atoms with E-state index in [4.69, 9.17) is 0 Å². The summed E-state index contributed by atoms with van der Waals surface area (Å²) in [5.41, 5.74) is -0.263. The monoisotopic (exact) mass is 369 g/mol. The minimum Gasteiger partial charge on any atom is -0.353 e. The maximum absolute atomic E-state index is 13.8. The normalized spacial score (nSPS) is 14.3. The Labute approximate surface area is 154 Å². The van der Waals surface area contributed by atoms with Crippen molar-refractivity contribution in [3.63, 3.8) is 0 Å². The molecule has 0 amide bonds.